The molecule has 0 saturated heterocycles. The molecule has 1 amide bonds. The molecular weight excluding hydrogens is 297 g/mol. The van der Waals surface area contributed by atoms with Crippen LogP contribution in [0, 0.1) is 10.2 Å². The molecule has 0 saturated carbocycles. The summed E-state index contributed by atoms with van der Waals surface area (Å²) in [7, 11) is -3.77. The van der Waals surface area contributed by atoms with Crippen molar-refractivity contribution in [2.75, 3.05) is 0 Å². The Bertz CT molecular complexity index is 578. The van der Waals surface area contributed by atoms with Gasteiger partial charge in [-0.3, -0.25) is 0 Å². The van der Waals surface area contributed by atoms with Crippen LogP contribution >= 0.6 is 0 Å². The van der Waals surface area contributed by atoms with Crippen LogP contribution in [0.2, 0.25) is 0 Å². The number of rotatable bonds is 1. The zero-order valence-corrected chi connectivity index (χ0v) is 10.5. The number of hydrogen-bond acceptors (Lipinski definition) is 5. The van der Waals surface area contributed by atoms with Crippen LogP contribution in [0.4, 0.5) is 0 Å². The Morgan fingerprint density at radius 3 is 2.50 bits per heavy atom. The average Bonchev–Trinajstić information content (AvgIpc) is 2.41. The van der Waals surface area contributed by atoms with Crippen molar-refractivity contribution in [3.63, 3.8) is 0 Å². The van der Waals surface area contributed by atoms with Gasteiger partial charge in [0, 0.05) is 0 Å². The van der Waals surface area contributed by atoms with Gasteiger partial charge < -0.3 is 6.15 Å². The van der Waals surface area contributed by atoms with E-state index < -0.39 is 31.1 Å². The molecule has 0 spiro atoms. The molecule has 84 valence electrons. The SMILES string of the molecule is N.N#C[Se]N1C(=O)c2ccccc2S1(=O)=O. The van der Waals surface area contributed by atoms with Gasteiger partial charge >= 0.3 is 92.6 Å². The maximum atomic E-state index is 11.8. The van der Waals surface area contributed by atoms with Gasteiger partial charge in [-0.05, 0) is 0 Å². The summed E-state index contributed by atoms with van der Waals surface area (Å²) in [5, 5.41) is 8.48. The van der Waals surface area contributed by atoms with Crippen molar-refractivity contribution in [3.8, 4) is 4.97 Å². The Kier molecular flexibility index (Phi) is 3.35. The van der Waals surface area contributed by atoms with E-state index >= 15 is 0 Å². The van der Waals surface area contributed by atoms with Crippen LogP contribution in [-0.2, 0) is 10.0 Å². The van der Waals surface area contributed by atoms with Gasteiger partial charge in [-0.2, -0.15) is 0 Å². The topological polar surface area (TPSA) is 113 Å². The number of carbonyl (C=O) groups is 1. The van der Waals surface area contributed by atoms with E-state index in [9.17, 15) is 13.2 Å². The van der Waals surface area contributed by atoms with Crippen molar-refractivity contribution in [1.29, 1.82) is 5.26 Å². The second-order valence-corrected chi connectivity index (χ2v) is 6.53. The summed E-state index contributed by atoms with van der Waals surface area (Å²) in [6.45, 7) is 0. The van der Waals surface area contributed by atoms with E-state index in [0.29, 0.717) is 3.32 Å². The number of sulfonamides is 1. The molecule has 0 bridgehead atoms. The predicted octanol–water partition coefficient (Wildman–Crippen LogP) is 0.0934. The van der Waals surface area contributed by atoms with Gasteiger partial charge in [0.25, 0.3) is 0 Å². The Balaban J connectivity index is 0.00000128. The van der Waals surface area contributed by atoms with Crippen molar-refractivity contribution in [2.24, 2.45) is 0 Å². The molecule has 0 unspecified atom stereocenters. The number of hydrogen-bond donors (Lipinski definition) is 1. The van der Waals surface area contributed by atoms with Crippen molar-refractivity contribution in [2.45, 2.75) is 4.90 Å². The molecule has 0 atom stereocenters. The molecule has 6 nitrogen and oxygen atoms in total. The van der Waals surface area contributed by atoms with Crippen LogP contribution in [0.3, 0.4) is 0 Å². The quantitative estimate of drug-likeness (QED) is 0.739. The second-order valence-electron chi connectivity index (χ2n) is 2.72. The van der Waals surface area contributed by atoms with E-state index in [0.717, 1.165) is 0 Å². The third-order valence-corrected chi connectivity index (χ3v) is 5.91. The van der Waals surface area contributed by atoms with E-state index in [2.05, 4.69) is 0 Å². The van der Waals surface area contributed by atoms with Crippen molar-refractivity contribution >= 4 is 31.1 Å². The standard InChI is InChI=1S/C8H4N2O3SSe.H3N/c9-5-15-10-8(11)6-3-1-2-4-7(6)14(10,12)13;/h1-4H;1H3. The summed E-state index contributed by atoms with van der Waals surface area (Å²) in [6, 6.07) is 5.96. The van der Waals surface area contributed by atoms with Crippen LogP contribution in [-0.4, -0.2) is 32.8 Å². The van der Waals surface area contributed by atoms with Crippen molar-refractivity contribution in [1.82, 2.24) is 9.47 Å². The number of carbonyl (C=O) groups excluding carboxylic acids is 1. The summed E-state index contributed by atoms with van der Waals surface area (Å²) in [5.74, 6) is -0.604. The molecule has 0 aliphatic carbocycles. The summed E-state index contributed by atoms with van der Waals surface area (Å²) in [4.78, 5) is 13.3. The number of fused-ring (bicyclic) bond motifs is 1. The zero-order chi connectivity index (χ0) is 11.1. The molecule has 1 aliphatic rings. The number of benzene rings is 1. The maximum absolute atomic E-state index is 11.8. The van der Waals surface area contributed by atoms with Gasteiger partial charge in [-0.15, -0.1) is 0 Å². The third-order valence-electron chi connectivity index (χ3n) is 1.90. The van der Waals surface area contributed by atoms with Crippen LogP contribution < -0.4 is 6.15 Å². The molecule has 2 rings (SSSR count). The third kappa shape index (κ3) is 1.60. The molecule has 1 aromatic rings. The molecule has 1 heterocycles. The van der Waals surface area contributed by atoms with Crippen LogP contribution in [0.15, 0.2) is 29.2 Å². The fraction of sp³-hybridized carbons (Fsp3) is 0. The van der Waals surface area contributed by atoms with E-state index in [1.54, 1.807) is 17.1 Å². The number of nitriles is 1. The minimum absolute atomic E-state index is 0. The average molecular weight is 304 g/mol. The second kappa shape index (κ2) is 4.23. The molecule has 0 radical (unpaired) electrons. The molecule has 8 heteroatoms. The first-order valence-corrected chi connectivity index (χ1v) is 6.90. The number of amides is 1. The Morgan fingerprint density at radius 2 is 1.94 bits per heavy atom. The van der Waals surface area contributed by atoms with E-state index in [1.165, 1.54) is 12.1 Å². The fourth-order valence-corrected chi connectivity index (χ4v) is 4.40. The Labute approximate surface area is 98.9 Å². The molecule has 0 aromatic heterocycles. The predicted molar refractivity (Wildman–Crippen MR) is 56.2 cm³/mol. The molecule has 16 heavy (non-hydrogen) atoms. The normalized spacial score (nSPS) is 16.2. The summed E-state index contributed by atoms with van der Waals surface area (Å²) in [5.41, 5.74) is 0.148. The fourth-order valence-electron chi connectivity index (χ4n) is 1.29. The van der Waals surface area contributed by atoms with Crippen molar-refractivity contribution < 1.29 is 13.2 Å². The zero-order valence-electron chi connectivity index (χ0n) is 7.95. The minimum atomic E-state index is -3.77. The van der Waals surface area contributed by atoms with Gasteiger partial charge in [0.05, 0.1) is 0 Å². The first-order valence-electron chi connectivity index (χ1n) is 3.84. The summed E-state index contributed by atoms with van der Waals surface area (Å²) < 4.78 is 24.2. The van der Waals surface area contributed by atoms with E-state index in [4.69, 9.17) is 5.26 Å². The molecule has 3 N–H and O–H groups in total. The van der Waals surface area contributed by atoms with Gasteiger partial charge in [0.15, 0.2) is 0 Å². The molecule has 0 fully saturated rings. The number of nitrogens with zero attached hydrogens (tertiary/aromatic N) is 2. The van der Waals surface area contributed by atoms with Gasteiger partial charge in [0.1, 0.15) is 0 Å². The van der Waals surface area contributed by atoms with Crippen LogP contribution in [0.1, 0.15) is 10.4 Å². The summed E-state index contributed by atoms with van der Waals surface area (Å²) in [6.07, 6.45) is 0. The van der Waals surface area contributed by atoms with Crippen LogP contribution in [0.25, 0.3) is 0 Å². The van der Waals surface area contributed by atoms with Gasteiger partial charge in [-0.25, -0.2) is 0 Å². The van der Waals surface area contributed by atoms with Crippen molar-refractivity contribution in [3.05, 3.63) is 29.8 Å². The van der Waals surface area contributed by atoms with Gasteiger partial charge in [0.2, 0.25) is 0 Å². The molecular formula is C8H7N3O3SSe. The van der Waals surface area contributed by atoms with E-state index in [1.807, 2.05) is 0 Å². The van der Waals surface area contributed by atoms with Gasteiger partial charge in [-0.1, -0.05) is 0 Å². The van der Waals surface area contributed by atoms with E-state index in [-0.39, 0.29) is 16.6 Å². The molecule has 1 aliphatic heterocycles. The summed E-state index contributed by atoms with van der Waals surface area (Å²) >= 11 is -1.02. The Hall–Kier alpha value is -1.39. The molecule has 1 aromatic carbocycles. The first-order chi connectivity index (χ1) is 7.09. The first kappa shape index (κ1) is 12.7. The monoisotopic (exact) mass is 305 g/mol. The Morgan fingerprint density at radius 1 is 1.31 bits per heavy atom. The van der Waals surface area contributed by atoms with Crippen LogP contribution in [0.5, 0.6) is 0 Å².